The summed E-state index contributed by atoms with van der Waals surface area (Å²) in [6, 6.07) is 16.5. The minimum Gasteiger partial charge on any atom is -0.416 e. The molecule has 2 fully saturated rings. The maximum absolute atomic E-state index is 15.3. The lowest BCUT2D eigenvalue weighted by atomic mass is 9.82. The SMILES string of the molecule is CCCCCCCCN1C(=O)c2ccc3c4ccc5c6c(ccc(c7ccc(c2c37)C1=O)c64)C(=O)N(C(CCCC[Si]1(C)O[Si](C)(C)O[Si](C)(C)O[Si](C)(C)O1)CCCC[Si]1(C)O[Si](C)(C)O[Si](C)(C)O[Si](C)(C)O1)C5=O. The number of nitrogens with zero attached hydrogens (tertiary/aromatic N) is 2. The Morgan fingerprint density at radius 1 is 0.364 bits per heavy atom. The molecule has 22 heteroatoms. The number of carbonyl (C=O) groups excluding carboxylic acids is 4. The van der Waals surface area contributed by atoms with Gasteiger partial charge in [-0.1, -0.05) is 89.0 Å². The zero-order valence-electron chi connectivity index (χ0n) is 48.6. The van der Waals surface area contributed by atoms with Crippen molar-refractivity contribution in [3.05, 3.63) is 70.8 Å². The molecule has 9 rings (SSSR count). The van der Waals surface area contributed by atoms with Crippen molar-refractivity contribution < 1.29 is 52.1 Å². The molecule has 5 aromatic rings. The van der Waals surface area contributed by atoms with Crippen molar-refractivity contribution in [2.45, 2.75) is 194 Å². The molecule has 77 heavy (non-hydrogen) atoms. The third kappa shape index (κ3) is 12.3. The molecule has 4 heterocycles. The van der Waals surface area contributed by atoms with E-state index in [4.69, 9.17) is 32.9 Å². The normalized spacial score (nSPS) is 22.3. The Balaban J connectivity index is 1.01. The fraction of sp³-hybridized carbons (Fsp3) is 0.564. The van der Waals surface area contributed by atoms with E-state index < -0.39 is 68.5 Å². The van der Waals surface area contributed by atoms with Gasteiger partial charge in [0.15, 0.2) is 0 Å². The highest BCUT2D eigenvalue weighted by molar-refractivity contribution is 6.94. The van der Waals surface area contributed by atoms with Gasteiger partial charge in [0.25, 0.3) is 23.6 Å². The number of hydrogen-bond acceptors (Lipinski definition) is 12. The summed E-state index contributed by atoms with van der Waals surface area (Å²) in [7, 11) is -20.8. The van der Waals surface area contributed by atoms with Gasteiger partial charge < -0.3 is 32.9 Å². The maximum Gasteiger partial charge on any atom is 0.317 e. The van der Waals surface area contributed by atoms with E-state index in [1.54, 1.807) is 4.90 Å². The molecule has 0 aliphatic carbocycles. The minimum atomic E-state index is -2.77. The molecule has 0 spiro atoms. The lowest BCUT2D eigenvalue weighted by molar-refractivity contribution is 0.0514. The summed E-state index contributed by atoms with van der Waals surface area (Å²) in [4.78, 5) is 61.9. The quantitative estimate of drug-likeness (QED) is 0.0270. The Morgan fingerprint density at radius 3 is 1.03 bits per heavy atom. The first-order valence-corrected chi connectivity index (χ1v) is 50.4. The van der Waals surface area contributed by atoms with Crippen molar-refractivity contribution in [1.29, 1.82) is 0 Å². The van der Waals surface area contributed by atoms with Crippen molar-refractivity contribution in [3.63, 3.8) is 0 Å². The van der Waals surface area contributed by atoms with Crippen LogP contribution < -0.4 is 0 Å². The maximum atomic E-state index is 15.3. The molecule has 0 aromatic heterocycles. The number of imide groups is 2. The van der Waals surface area contributed by atoms with Gasteiger partial charge in [-0.2, -0.15) is 0 Å². The summed E-state index contributed by atoms with van der Waals surface area (Å²) >= 11 is 0. The fourth-order valence-corrected chi connectivity index (χ4v) is 57.1. The molecule has 0 unspecified atom stereocenters. The Kier molecular flexibility index (Phi) is 16.4. The third-order valence-corrected chi connectivity index (χ3v) is 48.5. The van der Waals surface area contributed by atoms with Crippen molar-refractivity contribution in [2.24, 2.45) is 0 Å². The Labute approximate surface area is 465 Å². The zero-order valence-corrected chi connectivity index (χ0v) is 56.6. The van der Waals surface area contributed by atoms with Gasteiger partial charge in [0.05, 0.1) is 0 Å². The van der Waals surface area contributed by atoms with Crippen molar-refractivity contribution in [2.75, 3.05) is 6.54 Å². The van der Waals surface area contributed by atoms with E-state index in [0.717, 1.165) is 102 Å². The van der Waals surface area contributed by atoms with E-state index in [2.05, 4.69) is 98.6 Å². The first kappa shape index (κ1) is 58.7. The molecule has 4 aliphatic rings. The number of benzene rings is 5. The predicted octanol–water partition coefficient (Wildman–Crippen LogP) is 14.5. The minimum absolute atomic E-state index is 0.256. The molecule has 0 bridgehead atoms. The van der Waals surface area contributed by atoms with Crippen LogP contribution in [0.2, 0.25) is 104 Å². The van der Waals surface area contributed by atoms with E-state index in [9.17, 15) is 9.59 Å². The van der Waals surface area contributed by atoms with E-state index in [-0.39, 0.29) is 29.7 Å². The fourth-order valence-electron chi connectivity index (χ4n) is 13.8. The predicted molar refractivity (Wildman–Crippen MR) is 325 cm³/mol. The van der Waals surface area contributed by atoms with E-state index in [1.165, 1.54) is 11.3 Å². The van der Waals surface area contributed by atoms with Crippen LogP contribution >= 0.6 is 0 Å². The zero-order chi connectivity index (χ0) is 55.9. The summed E-state index contributed by atoms with van der Waals surface area (Å²) in [6.45, 7) is 31.8. The summed E-state index contributed by atoms with van der Waals surface area (Å²) in [5, 5.41) is 6.55. The number of rotatable bonds is 18. The van der Waals surface area contributed by atoms with Gasteiger partial charge in [-0.15, -0.1) is 0 Å². The monoisotopic (exact) mass is 1190 g/mol. The second-order valence-corrected chi connectivity index (χ2v) is 54.1. The molecule has 0 saturated carbocycles. The highest BCUT2D eigenvalue weighted by Gasteiger charge is 2.54. The number of amides is 4. The van der Waals surface area contributed by atoms with Crippen LogP contribution in [0.3, 0.4) is 0 Å². The smallest absolute Gasteiger partial charge is 0.317 e. The van der Waals surface area contributed by atoms with Crippen LogP contribution in [0, 0.1) is 0 Å². The van der Waals surface area contributed by atoms with Gasteiger partial charge in [-0.05, 0) is 180 Å². The molecular formula is C55H84N2O12Si8. The molecule has 0 atom stereocenters. The average Bonchev–Trinajstić information content (AvgIpc) is 3.29. The first-order valence-electron chi connectivity index (χ1n) is 28.4. The van der Waals surface area contributed by atoms with Crippen molar-refractivity contribution >= 4 is 135 Å². The number of unbranched alkanes of at least 4 members (excludes halogenated alkanes) is 7. The molecule has 4 amide bonds. The molecule has 14 nitrogen and oxygen atoms in total. The summed E-state index contributed by atoms with van der Waals surface area (Å²) in [6.07, 6.45) is 10.7. The number of fused-ring (bicyclic) bond motifs is 2. The molecule has 0 radical (unpaired) electrons. The number of hydrogen-bond donors (Lipinski definition) is 0. The van der Waals surface area contributed by atoms with Gasteiger partial charge in [0.1, 0.15) is 0 Å². The van der Waals surface area contributed by atoms with Crippen LogP contribution in [0.4, 0.5) is 0 Å². The van der Waals surface area contributed by atoms with Gasteiger partial charge >= 0.3 is 68.5 Å². The molecular weight excluding hydrogens is 1110 g/mol. The lowest BCUT2D eigenvalue weighted by Crippen LogP contribution is -2.65. The van der Waals surface area contributed by atoms with Gasteiger partial charge in [-0.25, -0.2) is 0 Å². The third-order valence-electron chi connectivity index (χ3n) is 15.5. The van der Waals surface area contributed by atoms with Gasteiger partial charge in [-0.3, -0.25) is 29.0 Å². The summed E-state index contributed by atoms with van der Waals surface area (Å²) < 4.78 is 54.4. The van der Waals surface area contributed by atoms with E-state index >= 15 is 9.59 Å². The highest BCUT2D eigenvalue weighted by atomic mass is 28.5. The van der Waals surface area contributed by atoms with Crippen molar-refractivity contribution in [1.82, 2.24) is 9.80 Å². The Morgan fingerprint density at radius 2 is 0.675 bits per heavy atom. The van der Waals surface area contributed by atoms with Gasteiger partial charge in [0.2, 0.25) is 0 Å². The molecule has 4 aliphatic heterocycles. The van der Waals surface area contributed by atoms with Crippen molar-refractivity contribution in [3.8, 4) is 0 Å². The second kappa shape index (κ2) is 21.4. The van der Waals surface area contributed by atoms with Crippen LogP contribution in [0.15, 0.2) is 48.5 Å². The average molecular weight is 1190 g/mol. The second-order valence-electron chi connectivity index (χ2n) is 25.3. The molecule has 418 valence electrons. The Hall–Kier alpha value is -2.90. The van der Waals surface area contributed by atoms with Gasteiger partial charge in [0, 0.05) is 45.6 Å². The Bertz CT molecular complexity index is 2900. The van der Waals surface area contributed by atoms with Crippen LogP contribution in [0.25, 0.3) is 43.1 Å². The molecule has 0 N–H and O–H groups in total. The summed E-state index contributed by atoms with van der Waals surface area (Å²) in [5.41, 5.74) is 2.06. The topological polar surface area (TPSA) is 149 Å². The first-order chi connectivity index (χ1) is 35.9. The van der Waals surface area contributed by atoms with Crippen LogP contribution in [0.5, 0.6) is 0 Å². The van der Waals surface area contributed by atoms with Crippen LogP contribution in [0.1, 0.15) is 125 Å². The van der Waals surface area contributed by atoms with Crippen LogP contribution in [-0.4, -0.2) is 115 Å². The number of carbonyl (C=O) groups is 4. The van der Waals surface area contributed by atoms with E-state index in [0.29, 0.717) is 52.4 Å². The summed E-state index contributed by atoms with van der Waals surface area (Å²) in [5.74, 6) is -1.10. The highest BCUT2D eigenvalue weighted by Crippen LogP contribution is 2.47. The standard InChI is InChI=1S/C55H84N2O12Si8/c1-16-17-18-19-20-23-36-56-52(58)44-32-28-40-42-30-34-46-51-47(35-31-43(49(42)51)41-29-33-45(53(56)59)50(44)48(40)41)55(61)57(54(46)60)39(26-21-24-37-76(14)66-72(6,7)62-70(2,3)63-73(8,9)67-76)27-22-25-38-77(15)68-74(10,11)64-71(4,5)65-75(12,13)69-77/h28-35,39H,16-27,36-38H2,1-15H3. The van der Waals surface area contributed by atoms with Crippen LogP contribution in [-0.2, 0) is 32.9 Å². The largest absolute Gasteiger partial charge is 0.416 e. The van der Waals surface area contributed by atoms with E-state index in [1.807, 2.05) is 48.5 Å². The lowest BCUT2D eigenvalue weighted by Gasteiger charge is -2.47. The molecule has 5 aromatic carbocycles. The molecule has 2 saturated heterocycles.